The number of nitrogens with zero attached hydrogens (tertiary/aromatic N) is 9. The summed E-state index contributed by atoms with van der Waals surface area (Å²) in [7, 11) is -8.50. The van der Waals surface area contributed by atoms with Crippen molar-refractivity contribution >= 4 is 104 Å². The lowest BCUT2D eigenvalue weighted by molar-refractivity contribution is -0.151. The molecule has 590 valence electrons. The number of aromatic nitrogens is 10. The highest BCUT2D eigenvalue weighted by Gasteiger charge is 2.41. The van der Waals surface area contributed by atoms with E-state index < -0.39 is 119 Å². The van der Waals surface area contributed by atoms with E-state index in [1.165, 1.54) is 60.6 Å². The van der Waals surface area contributed by atoms with Crippen molar-refractivity contribution in [2.75, 3.05) is 71.8 Å². The fraction of sp³-hybridized carbons (Fsp3) is 0.333. The number of alkyl halides is 6. The Hall–Kier alpha value is -11.0. The number of benzene rings is 3. The average molecular weight is 1640 g/mol. The Morgan fingerprint density at radius 1 is 0.706 bits per heavy atom. The van der Waals surface area contributed by atoms with Crippen LogP contribution in [0.25, 0.3) is 16.7 Å². The lowest BCUT2D eigenvalue weighted by Crippen LogP contribution is -2.35. The topological polar surface area (TPSA) is 459 Å². The molecule has 0 radical (unpaired) electrons. The van der Waals surface area contributed by atoms with Crippen LogP contribution in [0.15, 0.2) is 111 Å². The molecule has 3 aromatic carbocycles. The first-order chi connectivity index (χ1) is 50.9. The van der Waals surface area contributed by atoms with Crippen molar-refractivity contribution in [2.24, 2.45) is 7.05 Å². The molecule has 1 atom stereocenters. The predicted molar refractivity (Wildman–Crippen MR) is 375 cm³/mol. The molecule has 0 spiro atoms. The smallest absolute Gasteiger partial charge is 0.418 e. The Morgan fingerprint density at radius 2 is 1.36 bits per heavy atom. The highest BCUT2D eigenvalue weighted by Crippen LogP contribution is 2.39. The van der Waals surface area contributed by atoms with Gasteiger partial charge in [-0.3, -0.25) is 29.7 Å². The number of amides is 2. The number of nitrogens with one attached hydrogen (secondary N) is 5. The highest BCUT2D eigenvalue weighted by molar-refractivity contribution is 7.93. The number of carbonyl (C=O) groups is 4. The molecule has 0 aliphatic heterocycles. The maximum absolute atomic E-state index is 13.3. The molecule has 35 nitrogen and oxygen atoms in total. The minimum atomic E-state index is -4.98. The van der Waals surface area contributed by atoms with Gasteiger partial charge in [0.15, 0.2) is 21.3 Å². The summed E-state index contributed by atoms with van der Waals surface area (Å²) in [5.41, 5.74) is -3.49. The largest absolute Gasteiger partial charge is 0.481 e. The molecule has 0 saturated carbocycles. The number of aromatic amines is 1. The number of H-pyrrole nitrogens is 1. The van der Waals surface area contributed by atoms with Crippen LogP contribution in [0, 0.1) is 6.92 Å². The minimum absolute atomic E-state index is 0.0408. The number of esters is 2. The number of ether oxygens (including phenoxy) is 8. The Balaban J connectivity index is 0.000000229. The number of hydrogen-bond donors (Lipinski definition) is 5. The molecule has 0 saturated heterocycles. The van der Waals surface area contributed by atoms with Gasteiger partial charge in [-0.15, -0.1) is 5.10 Å². The molecule has 0 bridgehead atoms. The normalized spacial score (nSPS) is 12.0. The Bertz CT molecular complexity index is 5360. The number of sulfonamides is 3. The number of methoxy groups -OCH3 is 6. The van der Waals surface area contributed by atoms with Crippen molar-refractivity contribution in [3.05, 3.63) is 146 Å². The second kappa shape index (κ2) is 36.7. The van der Waals surface area contributed by atoms with Crippen LogP contribution >= 0.6 is 11.6 Å². The zero-order valence-electron chi connectivity index (χ0n) is 59.4. The van der Waals surface area contributed by atoms with Gasteiger partial charge in [-0.1, -0.05) is 37.4 Å². The first kappa shape index (κ1) is 86.9. The van der Waals surface area contributed by atoms with Crippen molar-refractivity contribution in [2.45, 2.75) is 86.1 Å². The third-order valence-electron chi connectivity index (χ3n) is 14.3. The summed E-state index contributed by atoms with van der Waals surface area (Å²) in [6.45, 7) is 5.10. The summed E-state index contributed by atoms with van der Waals surface area (Å²) in [6.07, 6.45) is -1.51. The summed E-state index contributed by atoms with van der Waals surface area (Å²) in [5, 5.41) is 9.94. The van der Waals surface area contributed by atoms with Crippen LogP contribution in [-0.4, -0.2) is 175 Å². The van der Waals surface area contributed by atoms with Crippen molar-refractivity contribution < 1.29 is 117 Å². The number of carbonyl (C=O) groups excluding carboxylic acids is 4. The van der Waals surface area contributed by atoms with E-state index in [4.69, 9.17) is 44.8 Å². The molecule has 9 rings (SSSR count). The number of sulfone groups is 1. The summed E-state index contributed by atoms with van der Waals surface area (Å²) >= 11 is 6.13. The van der Waals surface area contributed by atoms with Crippen molar-refractivity contribution in [1.82, 2.24) is 58.7 Å². The zero-order valence-corrected chi connectivity index (χ0v) is 63.4. The van der Waals surface area contributed by atoms with Gasteiger partial charge in [0.05, 0.1) is 93.8 Å². The number of halogens is 7. The molecule has 1 unspecified atom stereocenters. The van der Waals surface area contributed by atoms with Gasteiger partial charge < -0.3 is 37.9 Å². The molecule has 46 heteroatoms. The number of ketones is 1. The highest BCUT2D eigenvalue weighted by atomic mass is 35.5. The van der Waals surface area contributed by atoms with Gasteiger partial charge >= 0.3 is 30.3 Å². The molecule has 0 fully saturated rings. The van der Waals surface area contributed by atoms with E-state index in [2.05, 4.69) is 61.8 Å². The lowest BCUT2D eigenvalue weighted by Gasteiger charge is -2.15. The number of hydrogen-bond acceptors (Lipinski definition) is 28. The molecule has 0 aliphatic carbocycles. The molecule has 0 aliphatic rings. The van der Waals surface area contributed by atoms with Crippen molar-refractivity contribution in [1.29, 1.82) is 0 Å². The van der Waals surface area contributed by atoms with E-state index in [-0.39, 0.29) is 82.9 Å². The maximum Gasteiger partial charge on any atom is 0.418 e. The molecule has 109 heavy (non-hydrogen) atoms. The molecular weight excluding hydrogens is 1570 g/mol. The number of pyridine rings is 2. The predicted octanol–water partition coefficient (Wildman–Crippen LogP) is 7.66. The Kier molecular flexibility index (Phi) is 29.3. The molecule has 9 aromatic rings. The Morgan fingerprint density at radius 3 is 1.93 bits per heavy atom. The molecular formula is C63H69ClF6N14O21S4. The minimum Gasteiger partial charge on any atom is -0.481 e. The second-order valence-electron chi connectivity index (χ2n) is 22.4. The number of urea groups is 1. The van der Waals surface area contributed by atoms with Crippen LogP contribution in [-0.2, 0) is 80.1 Å². The fourth-order valence-electron chi connectivity index (χ4n) is 9.35. The summed E-state index contributed by atoms with van der Waals surface area (Å²) in [5.74, 6) is -3.23. The van der Waals surface area contributed by atoms with Crippen molar-refractivity contribution in [3.8, 4) is 35.1 Å². The van der Waals surface area contributed by atoms with E-state index in [9.17, 15) is 84.0 Å². The van der Waals surface area contributed by atoms with E-state index in [1.54, 1.807) is 23.1 Å². The van der Waals surface area contributed by atoms with Crippen LogP contribution in [0.2, 0.25) is 5.02 Å². The summed E-state index contributed by atoms with van der Waals surface area (Å²) in [6, 6.07) is 14.4. The molecule has 2 amide bonds. The van der Waals surface area contributed by atoms with Crippen LogP contribution in [0.4, 0.5) is 43.0 Å². The summed E-state index contributed by atoms with van der Waals surface area (Å²) in [4.78, 5) is 81.5. The van der Waals surface area contributed by atoms with Gasteiger partial charge in [-0.2, -0.15) is 50.8 Å². The van der Waals surface area contributed by atoms with Gasteiger partial charge in [0.2, 0.25) is 51.2 Å². The quantitative estimate of drug-likeness (QED) is 0.0150. The molecule has 5 N–H and O–H groups in total. The van der Waals surface area contributed by atoms with Crippen molar-refractivity contribution in [3.63, 3.8) is 0 Å². The van der Waals surface area contributed by atoms with Gasteiger partial charge in [0.1, 0.15) is 21.7 Å². The monoisotopic (exact) mass is 1630 g/mol. The first-order valence-electron chi connectivity index (χ1n) is 31.0. The van der Waals surface area contributed by atoms with Gasteiger partial charge in [-0.05, 0) is 92.9 Å². The lowest BCUT2D eigenvalue weighted by atomic mass is 10.0. The number of unbranched alkanes of at least 4 members (excludes halogenated alkanes) is 2. The van der Waals surface area contributed by atoms with Crippen LogP contribution in [0.1, 0.15) is 88.2 Å². The molecule has 6 heterocycles. The third kappa shape index (κ3) is 23.5. The second-order valence-corrected chi connectivity index (χ2v) is 29.8. The van der Waals surface area contributed by atoms with E-state index in [0.29, 0.717) is 40.7 Å². The average Bonchev–Trinajstić information content (AvgIpc) is 1.75. The fourth-order valence-corrected chi connectivity index (χ4v) is 13.3. The van der Waals surface area contributed by atoms with E-state index in [0.717, 1.165) is 85.1 Å². The Labute approximate surface area is 622 Å². The van der Waals surface area contributed by atoms with Crippen LogP contribution in [0.5, 0.6) is 35.1 Å². The first-order valence-corrected chi connectivity index (χ1v) is 38.1. The molecule has 6 aromatic heterocycles. The third-order valence-corrected chi connectivity index (χ3v) is 19.2. The van der Waals surface area contributed by atoms with Crippen LogP contribution in [0.3, 0.4) is 0 Å². The van der Waals surface area contributed by atoms with Gasteiger partial charge in [-0.25, -0.2) is 67.2 Å². The van der Waals surface area contributed by atoms with Crippen LogP contribution < -0.4 is 53.5 Å². The number of rotatable bonds is 26. The number of aryl methyl sites for hydroxylation is 2. The SMILES string of the molecule is CCCCCC(C)OC(=O)COc1ccc(Cl)c2cccnc12.COC(=O)c1ccc(CNS(C)(=O)=O)cc1S(=O)(=O)NC(=O)Nc1nc(OC)cc(OC)n1.COc1cc(OC)n2nc(NS(=O)(=O)c3c(C(F)(F)F)ccnc3OC)nc2n1.Cc1[nH]n(C)c(=O)c1C(=O)c1ccc(C(F)(F)F)cc1S(C)(=O)=O. The van der Waals surface area contributed by atoms with Gasteiger partial charge in [0.25, 0.3) is 37.3 Å². The zero-order chi connectivity index (χ0) is 81.3. The summed E-state index contributed by atoms with van der Waals surface area (Å²) < 4.78 is 224. The number of anilines is 2. The van der Waals surface area contributed by atoms with Gasteiger partial charge in [0, 0.05) is 48.9 Å². The van der Waals surface area contributed by atoms with E-state index in [1.807, 2.05) is 23.8 Å². The number of fused-ring (bicyclic) bond motifs is 2. The maximum atomic E-state index is 13.3. The standard InChI is InChI=1S/C18H22ClNO3.C17H21N5O9S2.C14H13F3N6O5S.C14H13F3N2O4S/c1-3-4-5-7-13(2)23-17(21)12-22-16-10-9-15(19)14-8-6-11-20-18(14)16;1-29-13-8-14(30-2)20-16(19-13)21-17(24)22-33(27,28)12-7-10(9-18-32(4,25)26)5-6-11(12)15(23)31-3;1-26-8-6-9(27-2)23-13(19-8)20-12(21-23)22-29(24,25)10-7(14(15,16)17)4-5-18-11(10)28-3;1-7-11(13(21)19(2)18-7)12(20)9-5-4-8(14(15,16)17)6-10(9)24(3,22)23/h6,8-11,13H,3-5,7,12H2,1-2H3;5-8,18H,9H2,1-4H3,(H2,19,20,21,22,24);4-6H,1-3H3,(H,21,22);4-6,18H,1-3H3. The van der Waals surface area contributed by atoms with E-state index >= 15 is 0 Å².